The van der Waals surface area contributed by atoms with E-state index in [1.165, 1.54) is 0 Å². The number of nitrogen functional groups attached to an aromatic ring is 1. The van der Waals surface area contributed by atoms with Crippen molar-refractivity contribution in [2.45, 2.75) is 51.1 Å². The highest BCUT2D eigenvalue weighted by Crippen LogP contribution is 2.41. The van der Waals surface area contributed by atoms with Crippen LogP contribution in [0.2, 0.25) is 0 Å². The summed E-state index contributed by atoms with van der Waals surface area (Å²) in [4.78, 5) is 38.0. The van der Waals surface area contributed by atoms with Crippen molar-refractivity contribution < 1.29 is 9.53 Å². The molecule has 12 heteroatoms. The largest absolute Gasteiger partial charge is 0.378 e. The lowest BCUT2D eigenvalue weighted by Crippen LogP contribution is -2.54. The Morgan fingerprint density at radius 1 is 1.17 bits per heavy atom. The van der Waals surface area contributed by atoms with Gasteiger partial charge in [0.15, 0.2) is 0 Å². The number of nitrogens with zero attached hydrogens (tertiary/aromatic N) is 7. The molecule has 5 rings (SSSR count). The van der Waals surface area contributed by atoms with Crippen LogP contribution in [0.1, 0.15) is 39.2 Å². The van der Waals surface area contributed by atoms with Crippen molar-refractivity contribution in [3.8, 4) is 11.3 Å². The Morgan fingerprint density at radius 3 is 2.53 bits per heavy atom. The number of nitrogens with two attached hydrogens (primary N) is 2. The molecule has 1 amide bonds. The highest BCUT2D eigenvalue weighted by Gasteiger charge is 2.46. The van der Waals surface area contributed by atoms with Gasteiger partial charge in [-0.15, -0.1) is 12.4 Å². The normalized spacial score (nSPS) is 23.3. The average Bonchev–Trinajstić information content (AvgIpc) is 3.49. The first-order valence-electron chi connectivity index (χ1n) is 12.4. The summed E-state index contributed by atoms with van der Waals surface area (Å²) < 4.78 is 5.54. The maximum Gasteiger partial charge on any atom is 0.242 e. The molecule has 2 fully saturated rings. The van der Waals surface area contributed by atoms with Crippen LogP contribution in [-0.2, 0) is 16.0 Å². The highest BCUT2D eigenvalue weighted by molar-refractivity contribution is 5.86. The molecule has 0 aromatic carbocycles. The molecule has 196 valence electrons. The first kappa shape index (κ1) is 26.3. The quantitative estimate of drug-likeness (QED) is 0.595. The number of ether oxygens (including phenoxy) is 1. The van der Waals surface area contributed by atoms with Gasteiger partial charge < -0.3 is 30.9 Å². The van der Waals surface area contributed by atoms with E-state index in [1.54, 1.807) is 12.4 Å². The van der Waals surface area contributed by atoms with Crippen LogP contribution >= 0.6 is 12.4 Å². The summed E-state index contributed by atoms with van der Waals surface area (Å²) >= 11 is 0. The standard InChI is InChI=1S/C24H35N9O2.ClH/c1-4-24(3,26)20(34)32-8-6-23(2,15-32)33-7-5-17-18(16-13-27-21(25)28-14-16)29-22(30-19(17)33)31-9-11-35-12-10-31;/h13-14H,4-12,15,26H2,1-3H3,(H2,25,27,28);1H/t23-,24?;/m0./s1. The second-order valence-corrected chi connectivity index (χ2v) is 10.3. The summed E-state index contributed by atoms with van der Waals surface area (Å²) in [5.74, 6) is 1.85. The van der Waals surface area contributed by atoms with Crippen LogP contribution in [0, 0.1) is 0 Å². The molecule has 3 aliphatic rings. The number of aromatic nitrogens is 4. The molecule has 0 bridgehead atoms. The molecule has 0 saturated carbocycles. The minimum atomic E-state index is -0.845. The summed E-state index contributed by atoms with van der Waals surface area (Å²) in [6.07, 6.45) is 5.72. The number of carbonyl (C=O) groups is 1. The summed E-state index contributed by atoms with van der Waals surface area (Å²) in [7, 11) is 0. The van der Waals surface area contributed by atoms with Gasteiger partial charge in [-0.1, -0.05) is 6.92 Å². The molecule has 11 nitrogen and oxygen atoms in total. The first-order valence-corrected chi connectivity index (χ1v) is 12.4. The third-order valence-electron chi connectivity index (χ3n) is 7.67. The van der Waals surface area contributed by atoms with Crippen LogP contribution < -0.4 is 21.3 Å². The summed E-state index contributed by atoms with van der Waals surface area (Å²) in [6, 6.07) is 0. The molecule has 2 aromatic heterocycles. The Labute approximate surface area is 218 Å². The van der Waals surface area contributed by atoms with Crippen molar-refractivity contribution in [1.29, 1.82) is 0 Å². The van der Waals surface area contributed by atoms with Crippen molar-refractivity contribution in [3.63, 3.8) is 0 Å². The number of hydrogen-bond acceptors (Lipinski definition) is 10. The van der Waals surface area contributed by atoms with Crippen molar-refractivity contribution in [2.24, 2.45) is 5.73 Å². The number of carbonyl (C=O) groups excluding carboxylic acids is 1. The van der Waals surface area contributed by atoms with E-state index in [1.807, 2.05) is 18.7 Å². The molecule has 2 aromatic rings. The molecule has 3 aliphatic heterocycles. The van der Waals surface area contributed by atoms with E-state index in [0.29, 0.717) is 38.7 Å². The number of rotatable bonds is 5. The van der Waals surface area contributed by atoms with E-state index in [0.717, 1.165) is 55.1 Å². The predicted octanol–water partition coefficient (Wildman–Crippen LogP) is 1.26. The van der Waals surface area contributed by atoms with Crippen LogP contribution in [0.3, 0.4) is 0 Å². The van der Waals surface area contributed by atoms with Gasteiger partial charge in [0, 0.05) is 56.2 Å². The minimum absolute atomic E-state index is 0. The summed E-state index contributed by atoms with van der Waals surface area (Å²) in [6.45, 7) is 10.9. The van der Waals surface area contributed by atoms with E-state index < -0.39 is 5.54 Å². The molecule has 2 saturated heterocycles. The molecule has 36 heavy (non-hydrogen) atoms. The molecular weight excluding hydrogens is 482 g/mol. The number of anilines is 3. The smallest absolute Gasteiger partial charge is 0.242 e. The SMILES string of the molecule is CCC(C)(N)C(=O)N1CC[C@](C)(N2CCc3c(-c4cnc(N)nc4)nc(N4CCOCC4)nc32)C1.Cl. The lowest BCUT2D eigenvalue weighted by molar-refractivity contribution is -0.135. The van der Waals surface area contributed by atoms with Gasteiger partial charge in [0.25, 0.3) is 0 Å². The fraction of sp³-hybridized carbons (Fsp3) is 0.625. The third kappa shape index (κ3) is 4.67. The van der Waals surface area contributed by atoms with Crippen LogP contribution in [0.15, 0.2) is 12.4 Å². The van der Waals surface area contributed by atoms with Gasteiger partial charge >= 0.3 is 0 Å². The molecular formula is C24H36ClN9O2. The first-order chi connectivity index (χ1) is 16.7. The van der Waals surface area contributed by atoms with Crippen LogP contribution in [0.4, 0.5) is 17.7 Å². The summed E-state index contributed by atoms with van der Waals surface area (Å²) in [5, 5.41) is 0. The van der Waals surface area contributed by atoms with E-state index >= 15 is 0 Å². The number of hydrogen-bond donors (Lipinski definition) is 2. The number of amides is 1. The topological polar surface area (TPSA) is 140 Å². The second-order valence-electron chi connectivity index (χ2n) is 10.3. The van der Waals surface area contributed by atoms with Gasteiger partial charge in [0.1, 0.15) is 5.82 Å². The number of morpholine rings is 1. The molecule has 1 unspecified atom stereocenters. The fourth-order valence-electron chi connectivity index (χ4n) is 5.22. The maximum absolute atomic E-state index is 13.1. The Hall–Kier alpha value is -2.76. The van der Waals surface area contributed by atoms with Gasteiger partial charge in [-0.05, 0) is 33.1 Å². The predicted molar refractivity (Wildman–Crippen MR) is 141 cm³/mol. The van der Waals surface area contributed by atoms with Gasteiger partial charge in [0.05, 0.1) is 30.0 Å². The molecule has 0 spiro atoms. The molecule has 2 atom stereocenters. The second kappa shape index (κ2) is 9.95. The molecule has 5 heterocycles. The van der Waals surface area contributed by atoms with Gasteiger partial charge in [-0.2, -0.15) is 4.98 Å². The Kier molecular flexibility index (Phi) is 7.27. The number of halogens is 1. The maximum atomic E-state index is 13.1. The number of fused-ring (bicyclic) bond motifs is 1. The van der Waals surface area contributed by atoms with E-state index in [9.17, 15) is 4.79 Å². The molecule has 0 radical (unpaired) electrons. The van der Waals surface area contributed by atoms with Gasteiger partial charge in [-0.3, -0.25) is 4.79 Å². The minimum Gasteiger partial charge on any atom is -0.378 e. The number of likely N-dealkylation sites (tertiary alicyclic amines) is 1. The Bertz CT molecular complexity index is 1110. The van der Waals surface area contributed by atoms with Crippen LogP contribution in [-0.4, -0.2) is 87.8 Å². The van der Waals surface area contributed by atoms with Gasteiger partial charge in [0.2, 0.25) is 17.8 Å². The lowest BCUT2D eigenvalue weighted by atomic mass is 9.97. The van der Waals surface area contributed by atoms with Crippen LogP contribution in [0.25, 0.3) is 11.3 Å². The van der Waals surface area contributed by atoms with Crippen LogP contribution in [0.5, 0.6) is 0 Å². The van der Waals surface area contributed by atoms with E-state index in [2.05, 4.69) is 26.7 Å². The fourth-order valence-corrected chi connectivity index (χ4v) is 5.22. The van der Waals surface area contributed by atoms with Crippen molar-refractivity contribution >= 4 is 36.0 Å². The lowest BCUT2D eigenvalue weighted by Gasteiger charge is -2.38. The van der Waals surface area contributed by atoms with Crippen molar-refractivity contribution in [2.75, 3.05) is 61.5 Å². The van der Waals surface area contributed by atoms with E-state index in [4.69, 9.17) is 26.2 Å². The van der Waals surface area contributed by atoms with Crippen molar-refractivity contribution in [3.05, 3.63) is 18.0 Å². The average molecular weight is 518 g/mol. The zero-order chi connectivity index (χ0) is 24.8. The monoisotopic (exact) mass is 517 g/mol. The van der Waals surface area contributed by atoms with E-state index in [-0.39, 0.29) is 29.8 Å². The zero-order valence-corrected chi connectivity index (χ0v) is 22.1. The summed E-state index contributed by atoms with van der Waals surface area (Å²) in [5.41, 5.74) is 13.7. The molecule has 0 aliphatic carbocycles. The van der Waals surface area contributed by atoms with Crippen molar-refractivity contribution in [1.82, 2.24) is 24.8 Å². The Balaban J connectivity index is 0.00000304. The highest BCUT2D eigenvalue weighted by atomic mass is 35.5. The third-order valence-corrected chi connectivity index (χ3v) is 7.67. The Morgan fingerprint density at radius 2 is 1.86 bits per heavy atom. The van der Waals surface area contributed by atoms with Gasteiger partial charge in [-0.25, -0.2) is 15.0 Å². The molecule has 4 N–H and O–H groups in total. The zero-order valence-electron chi connectivity index (χ0n) is 21.2.